The van der Waals surface area contributed by atoms with Gasteiger partial charge in [0.2, 0.25) is 0 Å². The third-order valence-electron chi connectivity index (χ3n) is 2.64. The summed E-state index contributed by atoms with van der Waals surface area (Å²) in [5, 5.41) is 0.951. The quantitative estimate of drug-likeness (QED) is 0.787. The van der Waals surface area contributed by atoms with Gasteiger partial charge >= 0.3 is 0 Å². The fourth-order valence-electron chi connectivity index (χ4n) is 1.86. The first-order valence-electron chi connectivity index (χ1n) is 5.39. The van der Waals surface area contributed by atoms with Crippen molar-refractivity contribution in [2.24, 2.45) is 0 Å². The van der Waals surface area contributed by atoms with Gasteiger partial charge in [0, 0.05) is 22.4 Å². The molecule has 0 unspecified atom stereocenters. The van der Waals surface area contributed by atoms with Gasteiger partial charge in [0.1, 0.15) is 5.82 Å². The summed E-state index contributed by atoms with van der Waals surface area (Å²) >= 11 is 3.44. The van der Waals surface area contributed by atoms with E-state index in [9.17, 15) is 0 Å². The molecule has 0 aliphatic heterocycles. The molecular formula is C13H15BrN2. The summed E-state index contributed by atoms with van der Waals surface area (Å²) in [6.07, 6.45) is 0.965. The smallest absolute Gasteiger partial charge is 0.137 e. The molecule has 0 saturated heterocycles. The second-order valence-corrected chi connectivity index (χ2v) is 4.67. The van der Waals surface area contributed by atoms with Gasteiger partial charge in [0.05, 0.1) is 0 Å². The Labute approximate surface area is 104 Å². The van der Waals surface area contributed by atoms with Crippen molar-refractivity contribution in [3.8, 4) is 5.82 Å². The largest absolute Gasteiger partial charge is 0.303 e. The molecule has 0 aliphatic carbocycles. The van der Waals surface area contributed by atoms with E-state index in [4.69, 9.17) is 0 Å². The van der Waals surface area contributed by atoms with Crippen LogP contribution in [0.15, 0.2) is 30.3 Å². The Balaban J connectivity index is 2.44. The third kappa shape index (κ3) is 2.19. The van der Waals surface area contributed by atoms with Crippen molar-refractivity contribution >= 4 is 15.9 Å². The lowest BCUT2D eigenvalue weighted by Gasteiger charge is -2.09. The van der Waals surface area contributed by atoms with Crippen LogP contribution < -0.4 is 0 Å². The van der Waals surface area contributed by atoms with Gasteiger partial charge in [0.15, 0.2) is 0 Å². The normalized spacial score (nSPS) is 10.7. The number of hydrogen-bond acceptors (Lipinski definition) is 1. The number of rotatable bonds is 3. The van der Waals surface area contributed by atoms with Crippen LogP contribution in [0.4, 0.5) is 0 Å². The Morgan fingerprint density at radius 3 is 2.44 bits per heavy atom. The molecule has 0 bridgehead atoms. The molecule has 0 spiro atoms. The second-order valence-electron chi connectivity index (χ2n) is 3.88. The number of aromatic nitrogens is 2. The van der Waals surface area contributed by atoms with Crippen LogP contribution in [-0.2, 0) is 6.42 Å². The minimum atomic E-state index is 0.951. The molecule has 0 N–H and O–H groups in total. The van der Waals surface area contributed by atoms with Crippen LogP contribution >= 0.6 is 15.9 Å². The summed E-state index contributed by atoms with van der Waals surface area (Å²) in [5.74, 6) is 1.01. The van der Waals surface area contributed by atoms with Crippen molar-refractivity contribution in [3.05, 3.63) is 47.4 Å². The monoisotopic (exact) mass is 278 g/mol. The van der Waals surface area contributed by atoms with Gasteiger partial charge in [-0.2, -0.15) is 0 Å². The zero-order valence-electron chi connectivity index (χ0n) is 9.57. The molecule has 2 rings (SSSR count). The molecule has 0 saturated carbocycles. The maximum atomic E-state index is 4.66. The molecule has 2 heterocycles. The summed E-state index contributed by atoms with van der Waals surface area (Å²) in [5.41, 5.74) is 3.57. The first-order chi connectivity index (χ1) is 7.72. The molecular weight excluding hydrogens is 264 g/mol. The molecule has 2 aromatic heterocycles. The minimum absolute atomic E-state index is 0.951. The fourth-order valence-corrected chi connectivity index (χ4v) is 2.26. The predicted octanol–water partition coefficient (Wildman–Crippen LogP) is 3.43. The first-order valence-corrected chi connectivity index (χ1v) is 6.52. The Hall–Kier alpha value is -1.09. The molecule has 16 heavy (non-hydrogen) atoms. The van der Waals surface area contributed by atoms with Crippen molar-refractivity contribution in [1.82, 2.24) is 9.55 Å². The second kappa shape index (κ2) is 4.83. The van der Waals surface area contributed by atoms with Crippen LogP contribution in [-0.4, -0.2) is 14.9 Å². The van der Waals surface area contributed by atoms with Crippen molar-refractivity contribution in [2.45, 2.75) is 20.3 Å². The zero-order chi connectivity index (χ0) is 11.5. The topological polar surface area (TPSA) is 17.8 Å². The van der Waals surface area contributed by atoms with Crippen molar-refractivity contribution in [3.63, 3.8) is 0 Å². The number of nitrogens with zero attached hydrogens (tertiary/aromatic N) is 2. The summed E-state index contributed by atoms with van der Waals surface area (Å²) in [6.45, 7) is 4.21. The Morgan fingerprint density at radius 2 is 1.81 bits per heavy atom. The van der Waals surface area contributed by atoms with E-state index in [-0.39, 0.29) is 0 Å². The van der Waals surface area contributed by atoms with Crippen molar-refractivity contribution < 1.29 is 0 Å². The average Bonchev–Trinajstić information content (AvgIpc) is 2.59. The van der Waals surface area contributed by atoms with E-state index in [0.717, 1.165) is 23.3 Å². The fraction of sp³-hybridized carbons (Fsp3) is 0.308. The summed E-state index contributed by atoms with van der Waals surface area (Å²) < 4.78 is 2.18. The summed E-state index contributed by atoms with van der Waals surface area (Å²) in [7, 11) is 0. The zero-order valence-corrected chi connectivity index (χ0v) is 11.2. The lowest BCUT2D eigenvalue weighted by molar-refractivity contribution is 0.898. The van der Waals surface area contributed by atoms with Crippen LogP contribution in [0, 0.1) is 13.8 Å². The standard InChI is InChI=1S/C13H15BrN2/c1-10-6-7-11(2)16(10)13-5-3-4-12(15-13)8-9-14/h3-7H,8-9H2,1-2H3. The SMILES string of the molecule is Cc1ccc(C)n1-c1cccc(CCBr)n1. The van der Waals surface area contributed by atoms with Gasteiger partial charge < -0.3 is 4.57 Å². The molecule has 84 valence electrons. The van der Waals surface area contributed by atoms with Gasteiger partial charge in [-0.05, 0) is 44.5 Å². The van der Waals surface area contributed by atoms with Crippen LogP contribution in [0.3, 0.4) is 0 Å². The van der Waals surface area contributed by atoms with Gasteiger partial charge in [-0.3, -0.25) is 0 Å². The Morgan fingerprint density at radius 1 is 1.12 bits per heavy atom. The van der Waals surface area contributed by atoms with E-state index in [0.29, 0.717) is 0 Å². The van der Waals surface area contributed by atoms with Gasteiger partial charge in [-0.25, -0.2) is 4.98 Å². The van der Waals surface area contributed by atoms with Crippen LogP contribution in [0.2, 0.25) is 0 Å². The summed E-state index contributed by atoms with van der Waals surface area (Å²) in [4.78, 5) is 4.66. The highest BCUT2D eigenvalue weighted by Gasteiger charge is 2.05. The van der Waals surface area contributed by atoms with Crippen molar-refractivity contribution in [1.29, 1.82) is 0 Å². The molecule has 0 aliphatic rings. The van der Waals surface area contributed by atoms with E-state index >= 15 is 0 Å². The Bertz CT molecular complexity index is 469. The highest BCUT2D eigenvalue weighted by atomic mass is 79.9. The highest BCUT2D eigenvalue weighted by molar-refractivity contribution is 9.09. The number of pyridine rings is 1. The number of aryl methyl sites for hydroxylation is 3. The third-order valence-corrected chi connectivity index (χ3v) is 3.04. The van der Waals surface area contributed by atoms with E-state index < -0.39 is 0 Å². The predicted molar refractivity (Wildman–Crippen MR) is 70.5 cm³/mol. The molecule has 0 amide bonds. The van der Waals surface area contributed by atoms with Gasteiger partial charge in [-0.15, -0.1) is 0 Å². The lowest BCUT2D eigenvalue weighted by Crippen LogP contribution is -2.03. The molecule has 0 aromatic carbocycles. The van der Waals surface area contributed by atoms with Crippen LogP contribution in [0.5, 0.6) is 0 Å². The summed E-state index contributed by atoms with van der Waals surface area (Å²) in [6, 6.07) is 10.4. The Kier molecular flexibility index (Phi) is 3.44. The molecule has 0 atom stereocenters. The van der Waals surface area contributed by atoms with Gasteiger partial charge in [-0.1, -0.05) is 22.0 Å². The molecule has 0 radical (unpaired) electrons. The number of alkyl halides is 1. The lowest BCUT2D eigenvalue weighted by atomic mass is 10.3. The van der Waals surface area contributed by atoms with E-state index in [2.05, 4.69) is 69.7 Å². The van der Waals surface area contributed by atoms with Gasteiger partial charge in [0.25, 0.3) is 0 Å². The minimum Gasteiger partial charge on any atom is -0.303 e. The molecule has 2 aromatic rings. The van der Waals surface area contributed by atoms with Crippen molar-refractivity contribution in [2.75, 3.05) is 5.33 Å². The maximum Gasteiger partial charge on any atom is 0.137 e. The van der Waals surface area contributed by atoms with Crippen LogP contribution in [0.25, 0.3) is 5.82 Å². The van der Waals surface area contributed by atoms with E-state index in [1.807, 2.05) is 0 Å². The number of halogens is 1. The molecule has 0 fully saturated rings. The van der Waals surface area contributed by atoms with E-state index in [1.54, 1.807) is 0 Å². The average molecular weight is 279 g/mol. The molecule has 3 heteroatoms. The maximum absolute atomic E-state index is 4.66. The molecule has 2 nitrogen and oxygen atoms in total. The number of hydrogen-bond donors (Lipinski definition) is 0. The van der Waals surface area contributed by atoms with Crippen LogP contribution in [0.1, 0.15) is 17.1 Å². The van der Waals surface area contributed by atoms with E-state index in [1.165, 1.54) is 11.4 Å². The first kappa shape index (κ1) is 11.4. The highest BCUT2D eigenvalue weighted by Crippen LogP contribution is 2.14.